The Morgan fingerprint density at radius 1 is 1.60 bits per heavy atom. The van der Waals surface area contributed by atoms with E-state index < -0.39 is 16.1 Å². The van der Waals surface area contributed by atoms with E-state index >= 15 is 0 Å². The highest BCUT2D eigenvalue weighted by atomic mass is 79.9. The minimum Gasteiger partial charge on any atom is -0.409 e. The number of amidine groups is 1. The Kier molecular flexibility index (Phi) is 5.81. The number of halogens is 2. The third kappa shape index (κ3) is 3.85. The van der Waals surface area contributed by atoms with Crippen molar-refractivity contribution in [2.45, 2.75) is 24.3 Å². The molecular weight excluding hydrogens is 370 g/mol. The van der Waals surface area contributed by atoms with Crippen LogP contribution in [0.15, 0.2) is 32.7 Å². The van der Waals surface area contributed by atoms with Gasteiger partial charge in [-0.1, -0.05) is 32.7 Å². The van der Waals surface area contributed by atoms with Crippen molar-refractivity contribution in [1.29, 1.82) is 0 Å². The highest BCUT2D eigenvalue weighted by Gasteiger charge is 2.28. The van der Waals surface area contributed by atoms with E-state index in [9.17, 15) is 8.42 Å². The molecule has 0 amide bonds. The number of nitrogens with two attached hydrogens (primary N) is 1. The summed E-state index contributed by atoms with van der Waals surface area (Å²) in [5.74, 6) is -0.0403. The molecule has 0 aromatic heterocycles. The molecule has 1 aromatic rings. The zero-order valence-electron chi connectivity index (χ0n) is 10.9. The molecule has 0 saturated carbocycles. The monoisotopic (exact) mass is 383 g/mol. The molecule has 1 unspecified atom stereocenters. The molecule has 1 atom stereocenters. The lowest BCUT2D eigenvalue weighted by molar-refractivity contribution is 0.313. The van der Waals surface area contributed by atoms with E-state index in [1.807, 2.05) is 0 Å². The average molecular weight is 385 g/mol. The maximum Gasteiger partial charge on any atom is 0.244 e. The van der Waals surface area contributed by atoms with Crippen molar-refractivity contribution in [3.63, 3.8) is 0 Å². The van der Waals surface area contributed by atoms with Crippen LogP contribution in [0.25, 0.3) is 0 Å². The van der Waals surface area contributed by atoms with E-state index in [0.29, 0.717) is 4.47 Å². The van der Waals surface area contributed by atoms with Crippen molar-refractivity contribution in [2.75, 3.05) is 7.05 Å². The summed E-state index contributed by atoms with van der Waals surface area (Å²) in [6, 6.07) is 4.06. The normalized spacial score (nSPS) is 14.6. The third-order valence-corrected chi connectivity index (χ3v) is 5.75. The topological polar surface area (TPSA) is 96.0 Å². The lowest BCUT2D eigenvalue weighted by Crippen LogP contribution is -2.37. The molecule has 0 heterocycles. The molecule has 0 aliphatic carbocycles. The highest BCUT2D eigenvalue weighted by Crippen LogP contribution is 2.28. The number of benzene rings is 1. The first-order valence-corrected chi connectivity index (χ1v) is 8.20. The van der Waals surface area contributed by atoms with Gasteiger partial charge in [0.15, 0.2) is 0 Å². The van der Waals surface area contributed by atoms with Crippen molar-refractivity contribution in [3.8, 4) is 0 Å². The largest absolute Gasteiger partial charge is 0.409 e. The summed E-state index contributed by atoms with van der Waals surface area (Å²) in [6.07, 6.45) is 0.111. The van der Waals surface area contributed by atoms with Crippen LogP contribution in [-0.2, 0) is 10.0 Å². The number of sulfonamides is 1. The molecule has 0 radical (unpaired) electrons. The van der Waals surface area contributed by atoms with Crippen molar-refractivity contribution >= 4 is 43.4 Å². The number of oxime groups is 1. The first-order chi connectivity index (χ1) is 9.20. The summed E-state index contributed by atoms with van der Waals surface area (Å²) in [4.78, 5) is 0.0104. The Morgan fingerprint density at radius 3 is 2.70 bits per heavy atom. The lowest BCUT2D eigenvalue weighted by Gasteiger charge is -2.24. The van der Waals surface area contributed by atoms with Crippen molar-refractivity contribution < 1.29 is 13.6 Å². The summed E-state index contributed by atoms with van der Waals surface area (Å²) in [5, 5.41) is 11.5. The van der Waals surface area contributed by atoms with Crippen LogP contribution in [0.3, 0.4) is 0 Å². The van der Waals surface area contributed by atoms with Gasteiger partial charge in [0.2, 0.25) is 10.0 Å². The second-order valence-electron chi connectivity index (χ2n) is 4.24. The predicted octanol–water partition coefficient (Wildman–Crippen LogP) is 2.25. The molecule has 0 spiro atoms. The molecule has 20 heavy (non-hydrogen) atoms. The molecule has 0 aliphatic heterocycles. The second kappa shape index (κ2) is 6.75. The first kappa shape index (κ1) is 17.2. The van der Waals surface area contributed by atoms with Gasteiger partial charge in [-0.15, -0.1) is 0 Å². The standard InChI is InChI=1S/C11H15BrClN3O3S/c1-7(5-11(14)15-17)16(2)20(18,19)10-4-3-8(12)6-9(10)13/h3-4,6-7,17H,5H2,1-2H3,(H2,14,15). The maximum atomic E-state index is 12.5. The van der Waals surface area contributed by atoms with Gasteiger partial charge in [-0.2, -0.15) is 4.31 Å². The lowest BCUT2D eigenvalue weighted by atomic mass is 10.2. The molecule has 0 fully saturated rings. The minimum atomic E-state index is -3.75. The van der Waals surface area contributed by atoms with E-state index in [-0.39, 0.29) is 22.2 Å². The van der Waals surface area contributed by atoms with E-state index in [0.717, 1.165) is 4.31 Å². The van der Waals surface area contributed by atoms with Crippen LogP contribution in [-0.4, -0.2) is 36.9 Å². The third-order valence-electron chi connectivity index (χ3n) is 2.80. The van der Waals surface area contributed by atoms with Crippen LogP contribution >= 0.6 is 27.5 Å². The molecule has 3 N–H and O–H groups in total. The summed E-state index contributed by atoms with van der Waals surface area (Å²) in [7, 11) is -2.33. The molecule has 9 heteroatoms. The number of hydrogen-bond donors (Lipinski definition) is 2. The van der Waals surface area contributed by atoms with Gasteiger partial charge < -0.3 is 10.9 Å². The number of hydrogen-bond acceptors (Lipinski definition) is 4. The molecule has 112 valence electrons. The minimum absolute atomic E-state index is 0.0104. The van der Waals surface area contributed by atoms with Crippen LogP contribution in [0.5, 0.6) is 0 Å². The fourth-order valence-electron chi connectivity index (χ4n) is 1.55. The van der Waals surface area contributed by atoms with Gasteiger partial charge in [0.05, 0.1) is 5.02 Å². The van der Waals surface area contributed by atoms with Gasteiger partial charge in [0.1, 0.15) is 10.7 Å². The van der Waals surface area contributed by atoms with Crippen molar-refractivity contribution in [1.82, 2.24) is 4.31 Å². The molecule has 0 bridgehead atoms. The number of nitrogens with zero attached hydrogens (tertiary/aromatic N) is 2. The van der Waals surface area contributed by atoms with E-state index in [2.05, 4.69) is 21.1 Å². The van der Waals surface area contributed by atoms with Crippen LogP contribution in [0.4, 0.5) is 0 Å². The van der Waals surface area contributed by atoms with Gasteiger partial charge >= 0.3 is 0 Å². The fraction of sp³-hybridized carbons (Fsp3) is 0.364. The second-order valence-corrected chi connectivity index (χ2v) is 7.53. The van der Waals surface area contributed by atoms with E-state index in [4.69, 9.17) is 22.5 Å². The zero-order valence-corrected chi connectivity index (χ0v) is 14.1. The fourth-order valence-corrected chi connectivity index (χ4v) is 3.92. The molecule has 1 rings (SSSR count). The predicted molar refractivity (Wildman–Crippen MR) is 81.6 cm³/mol. The summed E-state index contributed by atoms with van der Waals surface area (Å²) < 4.78 is 26.7. The van der Waals surface area contributed by atoms with E-state index in [1.54, 1.807) is 13.0 Å². The van der Waals surface area contributed by atoms with Crippen molar-refractivity contribution in [2.24, 2.45) is 10.9 Å². The average Bonchev–Trinajstić information content (AvgIpc) is 2.36. The molecule has 0 saturated heterocycles. The van der Waals surface area contributed by atoms with E-state index in [1.165, 1.54) is 19.2 Å². The summed E-state index contributed by atoms with van der Waals surface area (Å²) >= 11 is 9.19. The van der Waals surface area contributed by atoms with Gasteiger partial charge in [0, 0.05) is 24.0 Å². The number of rotatable bonds is 5. The SMILES string of the molecule is CC(CC(N)=NO)N(C)S(=O)(=O)c1ccc(Br)cc1Cl. The van der Waals surface area contributed by atoms with Gasteiger partial charge in [-0.05, 0) is 25.1 Å². The Bertz CT molecular complexity index is 621. The Morgan fingerprint density at radius 2 is 2.20 bits per heavy atom. The first-order valence-electron chi connectivity index (χ1n) is 5.59. The quantitative estimate of drug-likeness (QED) is 0.352. The van der Waals surface area contributed by atoms with Crippen molar-refractivity contribution in [3.05, 3.63) is 27.7 Å². The van der Waals surface area contributed by atoms with Gasteiger partial charge in [-0.25, -0.2) is 8.42 Å². The Hall–Kier alpha value is -0.830. The highest BCUT2D eigenvalue weighted by molar-refractivity contribution is 9.10. The van der Waals surface area contributed by atoms with Gasteiger partial charge in [0.25, 0.3) is 0 Å². The smallest absolute Gasteiger partial charge is 0.244 e. The zero-order chi connectivity index (χ0) is 15.5. The molecule has 6 nitrogen and oxygen atoms in total. The molecule has 1 aromatic carbocycles. The van der Waals surface area contributed by atoms with Crippen LogP contribution in [0.2, 0.25) is 5.02 Å². The van der Waals surface area contributed by atoms with Crippen LogP contribution < -0.4 is 5.73 Å². The Balaban J connectivity index is 3.09. The Labute approximate surface area is 131 Å². The summed E-state index contributed by atoms with van der Waals surface area (Å²) in [5.41, 5.74) is 5.39. The van der Waals surface area contributed by atoms with Crippen LogP contribution in [0, 0.1) is 0 Å². The molecular formula is C11H15BrClN3O3S. The van der Waals surface area contributed by atoms with Gasteiger partial charge in [-0.3, -0.25) is 0 Å². The summed E-state index contributed by atoms with van der Waals surface area (Å²) in [6.45, 7) is 1.66. The molecule has 0 aliphatic rings. The van der Waals surface area contributed by atoms with Crippen LogP contribution in [0.1, 0.15) is 13.3 Å². The maximum absolute atomic E-state index is 12.5.